The molecule has 2 aliphatic rings. The Morgan fingerprint density at radius 2 is 1.92 bits per heavy atom. The average molecular weight is 517 g/mol. The summed E-state index contributed by atoms with van der Waals surface area (Å²) < 4.78 is 11.0. The van der Waals surface area contributed by atoms with Crippen LogP contribution in [-0.4, -0.2) is 79.9 Å². The number of aryl methyl sites for hydroxylation is 1. The minimum Gasteiger partial charge on any atom is -0.464 e. The molecule has 1 amide bonds. The molecular weight excluding hydrogens is 478 g/mol. The number of amidine groups is 1. The Labute approximate surface area is 217 Å². The van der Waals surface area contributed by atoms with Crippen molar-refractivity contribution < 1.29 is 23.5 Å². The molecular formula is C26H38N5O4S+. The van der Waals surface area contributed by atoms with Gasteiger partial charge in [-0.05, 0) is 39.0 Å². The molecule has 0 aliphatic carbocycles. The lowest BCUT2D eigenvalue weighted by atomic mass is 10.2. The predicted octanol–water partition coefficient (Wildman–Crippen LogP) is 4.62. The third-order valence-electron chi connectivity index (χ3n) is 6.08. The quantitative estimate of drug-likeness (QED) is 0.445. The van der Waals surface area contributed by atoms with Gasteiger partial charge in [0.25, 0.3) is 0 Å². The maximum absolute atomic E-state index is 12.2. The summed E-state index contributed by atoms with van der Waals surface area (Å²) in [7, 11) is 2.07. The zero-order valence-electron chi connectivity index (χ0n) is 22.1. The number of thiophene rings is 1. The summed E-state index contributed by atoms with van der Waals surface area (Å²) in [6.45, 7) is 13.1. The monoisotopic (exact) mass is 516 g/mol. The fourth-order valence-corrected chi connectivity index (χ4v) is 4.96. The fraction of sp³-hybridized carbons (Fsp3) is 0.500. The van der Waals surface area contributed by atoms with Crippen molar-refractivity contribution in [3.8, 4) is 0 Å². The van der Waals surface area contributed by atoms with Gasteiger partial charge in [0.2, 0.25) is 6.73 Å². The van der Waals surface area contributed by atoms with E-state index in [0.29, 0.717) is 4.48 Å². The molecule has 2 N–H and O–H groups in total. The van der Waals surface area contributed by atoms with E-state index < -0.39 is 18.1 Å². The number of nitrogens with zero attached hydrogens (tertiary/aromatic N) is 3. The maximum Gasteiger partial charge on any atom is 0.412 e. The van der Waals surface area contributed by atoms with Crippen LogP contribution in [0.3, 0.4) is 0 Å². The molecule has 196 valence electrons. The molecule has 0 saturated carbocycles. The number of alkyl carbamates (subject to hydrolysis) is 1. The summed E-state index contributed by atoms with van der Waals surface area (Å²) in [4.78, 5) is 32.5. The number of para-hydroxylation sites is 2. The second-order valence-electron chi connectivity index (χ2n) is 8.91. The highest BCUT2D eigenvalue weighted by atomic mass is 32.1. The van der Waals surface area contributed by atoms with Crippen LogP contribution in [0.25, 0.3) is 0 Å². The van der Waals surface area contributed by atoms with E-state index in [1.165, 1.54) is 4.88 Å². The zero-order valence-corrected chi connectivity index (χ0v) is 22.9. The van der Waals surface area contributed by atoms with Crippen molar-refractivity contribution in [2.24, 2.45) is 4.99 Å². The van der Waals surface area contributed by atoms with E-state index in [1.54, 1.807) is 25.2 Å². The second kappa shape index (κ2) is 12.2. The van der Waals surface area contributed by atoms with Gasteiger partial charge in [-0.1, -0.05) is 26.0 Å². The summed E-state index contributed by atoms with van der Waals surface area (Å²) in [5.41, 5.74) is 3.06. The van der Waals surface area contributed by atoms with Crippen molar-refractivity contribution >= 4 is 45.6 Å². The average Bonchev–Trinajstić information content (AvgIpc) is 3.16. The van der Waals surface area contributed by atoms with E-state index in [1.807, 2.05) is 32.0 Å². The van der Waals surface area contributed by atoms with Gasteiger partial charge in [-0.25, -0.2) is 14.6 Å². The molecule has 36 heavy (non-hydrogen) atoms. The SMILES string of the molecule is CC.CCOC(=O)C(C)NC(=O)OC[N+]1(C)CCN(C2=Nc3ccccc3Nc3sc(C)cc32)CC1. The van der Waals surface area contributed by atoms with Crippen molar-refractivity contribution in [2.45, 2.75) is 40.7 Å². The lowest BCUT2D eigenvalue weighted by Gasteiger charge is -2.42. The van der Waals surface area contributed by atoms with Gasteiger partial charge in [0.05, 0.1) is 56.8 Å². The maximum atomic E-state index is 12.2. The predicted molar refractivity (Wildman–Crippen MR) is 144 cm³/mol. The first-order valence-electron chi connectivity index (χ1n) is 12.5. The van der Waals surface area contributed by atoms with Crippen LogP contribution in [0.2, 0.25) is 0 Å². The minimum atomic E-state index is -0.748. The van der Waals surface area contributed by atoms with Crippen LogP contribution in [0, 0.1) is 6.92 Å². The first kappa shape index (κ1) is 27.5. The largest absolute Gasteiger partial charge is 0.464 e. The highest BCUT2D eigenvalue weighted by molar-refractivity contribution is 7.16. The Bertz CT molecular complexity index is 1090. The second-order valence-corrected chi connectivity index (χ2v) is 10.2. The molecule has 10 heteroatoms. The van der Waals surface area contributed by atoms with Crippen LogP contribution >= 0.6 is 11.3 Å². The summed E-state index contributed by atoms with van der Waals surface area (Å²) >= 11 is 1.74. The number of likely N-dealkylation sites (N-methyl/N-ethyl adjacent to an activating group) is 1. The van der Waals surface area contributed by atoms with E-state index in [0.717, 1.165) is 54.0 Å². The van der Waals surface area contributed by atoms with E-state index in [4.69, 9.17) is 14.5 Å². The Balaban J connectivity index is 0.00000176. The van der Waals surface area contributed by atoms with Gasteiger partial charge in [0.15, 0.2) is 0 Å². The Morgan fingerprint density at radius 3 is 2.61 bits per heavy atom. The third-order valence-corrected chi connectivity index (χ3v) is 7.04. The molecule has 1 atom stereocenters. The normalized spacial score (nSPS) is 16.5. The number of quaternary nitrogens is 1. The Hall–Kier alpha value is -3.11. The molecule has 1 saturated heterocycles. The summed E-state index contributed by atoms with van der Waals surface area (Å²) in [5, 5.41) is 7.19. The number of ether oxygens (including phenoxy) is 2. The van der Waals surface area contributed by atoms with Gasteiger partial charge in [0.1, 0.15) is 16.9 Å². The van der Waals surface area contributed by atoms with Crippen LogP contribution < -0.4 is 10.6 Å². The van der Waals surface area contributed by atoms with Crippen LogP contribution in [0.4, 0.5) is 21.2 Å². The van der Waals surface area contributed by atoms with Gasteiger partial charge in [-0.15, -0.1) is 11.3 Å². The summed E-state index contributed by atoms with van der Waals surface area (Å²) in [6.07, 6.45) is -0.614. The number of benzene rings is 1. The van der Waals surface area contributed by atoms with Gasteiger partial charge >= 0.3 is 12.1 Å². The number of piperazine rings is 1. The number of fused-ring (bicyclic) bond motifs is 2. The molecule has 2 aliphatic heterocycles. The number of rotatable bonds is 5. The van der Waals surface area contributed by atoms with Gasteiger partial charge in [-0.2, -0.15) is 0 Å². The molecule has 1 unspecified atom stereocenters. The van der Waals surface area contributed by atoms with E-state index >= 15 is 0 Å². The van der Waals surface area contributed by atoms with Crippen molar-refractivity contribution in [1.82, 2.24) is 10.2 Å². The molecule has 9 nitrogen and oxygen atoms in total. The Morgan fingerprint density at radius 1 is 1.22 bits per heavy atom. The van der Waals surface area contributed by atoms with Gasteiger partial charge in [0, 0.05) is 4.88 Å². The molecule has 1 aromatic heterocycles. The number of amides is 1. The lowest BCUT2D eigenvalue weighted by Crippen LogP contribution is -2.59. The smallest absolute Gasteiger partial charge is 0.412 e. The van der Waals surface area contributed by atoms with Crippen LogP contribution in [0.15, 0.2) is 35.3 Å². The fourth-order valence-electron chi connectivity index (χ4n) is 4.04. The summed E-state index contributed by atoms with van der Waals surface area (Å²) in [5.74, 6) is 0.502. The number of anilines is 2. The van der Waals surface area contributed by atoms with Crippen molar-refractivity contribution in [2.75, 3.05) is 51.9 Å². The summed E-state index contributed by atoms with van der Waals surface area (Å²) in [6, 6.07) is 9.54. The molecule has 4 rings (SSSR count). The van der Waals surface area contributed by atoms with Crippen LogP contribution in [0.5, 0.6) is 0 Å². The zero-order chi connectivity index (χ0) is 26.3. The van der Waals surface area contributed by atoms with Gasteiger partial charge < -0.3 is 25.0 Å². The lowest BCUT2D eigenvalue weighted by molar-refractivity contribution is -0.928. The van der Waals surface area contributed by atoms with Crippen molar-refractivity contribution in [1.29, 1.82) is 0 Å². The molecule has 1 fully saturated rings. The van der Waals surface area contributed by atoms with Crippen LogP contribution in [-0.2, 0) is 14.3 Å². The van der Waals surface area contributed by atoms with Crippen molar-refractivity contribution in [3.05, 3.63) is 40.8 Å². The van der Waals surface area contributed by atoms with E-state index in [2.05, 4.69) is 41.6 Å². The highest BCUT2D eigenvalue weighted by Crippen LogP contribution is 2.39. The topological polar surface area (TPSA) is 92.3 Å². The van der Waals surface area contributed by atoms with Crippen molar-refractivity contribution in [3.63, 3.8) is 0 Å². The Kier molecular flexibility index (Phi) is 9.33. The molecule has 1 aromatic carbocycles. The van der Waals surface area contributed by atoms with Crippen LogP contribution in [0.1, 0.15) is 38.1 Å². The molecule has 3 heterocycles. The van der Waals surface area contributed by atoms with E-state index in [-0.39, 0.29) is 13.3 Å². The number of nitrogens with one attached hydrogen (secondary N) is 2. The number of carbonyl (C=O) groups excluding carboxylic acids is 2. The first-order valence-corrected chi connectivity index (χ1v) is 13.3. The standard InChI is InChI=1S/C24H31N5O4S.C2H6/c1-5-32-23(30)17(3)25-24(31)33-15-29(4)12-10-28(11-13-29)21-18-14-16(2)34-22(18)27-20-9-7-6-8-19(20)26-21;1-2/h6-9,14,17H,5,10-13,15H2,1-4H3,(H-,25,26,27,31);1-2H3/p+1. The van der Waals surface area contributed by atoms with E-state index in [9.17, 15) is 9.59 Å². The van der Waals surface area contributed by atoms with Gasteiger partial charge in [-0.3, -0.25) is 4.48 Å². The number of hydrogen-bond acceptors (Lipinski definition) is 8. The number of carbonyl (C=O) groups is 2. The molecule has 0 bridgehead atoms. The molecule has 2 aromatic rings. The minimum absolute atomic E-state index is 0.231. The number of hydrogen-bond donors (Lipinski definition) is 2. The molecule has 0 spiro atoms. The molecule has 0 radical (unpaired) electrons. The third kappa shape index (κ3) is 6.55. The first-order chi connectivity index (χ1) is 17.3. The number of esters is 1. The highest BCUT2D eigenvalue weighted by Gasteiger charge is 2.33. The number of aliphatic imine (C=N–C) groups is 1.